The summed E-state index contributed by atoms with van der Waals surface area (Å²) in [6.07, 6.45) is 5.83. The Bertz CT molecular complexity index is 1360. The molecule has 4 aromatic rings. The first-order valence-corrected chi connectivity index (χ1v) is 12.2. The SMILES string of the molecule is CC(C)NCC1CCCN1c1cc(-c2ccncc2)c(-c2ccc3ccccc3c2)n(C)c1=O. The number of fused-ring (bicyclic) bond motifs is 1. The van der Waals surface area contributed by atoms with E-state index >= 15 is 0 Å². The van der Waals surface area contributed by atoms with Crippen LogP contribution in [0.15, 0.2) is 77.9 Å². The topological polar surface area (TPSA) is 50.2 Å². The monoisotopic (exact) mass is 452 g/mol. The molecule has 5 nitrogen and oxygen atoms in total. The van der Waals surface area contributed by atoms with Gasteiger partial charge in [0.15, 0.2) is 0 Å². The van der Waals surface area contributed by atoms with Crippen molar-refractivity contribution >= 4 is 16.5 Å². The summed E-state index contributed by atoms with van der Waals surface area (Å²) < 4.78 is 1.83. The van der Waals surface area contributed by atoms with Crippen molar-refractivity contribution in [2.24, 2.45) is 7.05 Å². The van der Waals surface area contributed by atoms with Gasteiger partial charge in [-0.25, -0.2) is 0 Å². The van der Waals surface area contributed by atoms with Crippen molar-refractivity contribution in [2.45, 2.75) is 38.8 Å². The largest absolute Gasteiger partial charge is 0.363 e. The van der Waals surface area contributed by atoms with E-state index in [9.17, 15) is 4.79 Å². The number of anilines is 1. The van der Waals surface area contributed by atoms with Gasteiger partial charge >= 0.3 is 0 Å². The number of pyridine rings is 2. The predicted octanol–water partition coefficient (Wildman–Crippen LogP) is 5.23. The van der Waals surface area contributed by atoms with Gasteiger partial charge < -0.3 is 14.8 Å². The highest BCUT2D eigenvalue weighted by atomic mass is 16.1. The quantitative estimate of drug-likeness (QED) is 0.435. The van der Waals surface area contributed by atoms with Crippen LogP contribution in [0, 0.1) is 0 Å². The standard InChI is InChI=1S/C29H32N4O/c1-20(2)31-19-25-9-6-16-33(25)27-18-26(22-12-14-30-15-13-22)28(32(3)29(27)34)24-11-10-21-7-4-5-8-23(21)17-24/h4-5,7-8,10-15,17-18,20,25,31H,6,9,16,19H2,1-3H3. The minimum absolute atomic E-state index is 0.0532. The number of nitrogens with one attached hydrogen (secondary N) is 1. The number of benzene rings is 2. The number of hydrogen-bond donors (Lipinski definition) is 1. The summed E-state index contributed by atoms with van der Waals surface area (Å²) in [5, 5.41) is 5.92. The second-order valence-corrected chi connectivity index (χ2v) is 9.51. The van der Waals surface area contributed by atoms with Crippen molar-refractivity contribution in [2.75, 3.05) is 18.0 Å². The van der Waals surface area contributed by atoms with Gasteiger partial charge in [-0.2, -0.15) is 0 Å². The summed E-state index contributed by atoms with van der Waals surface area (Å²) in [6.45, 7) is 6.12. The summed E-state index contributed by atoms with van der Waals surface area (Å²) in [4.78, 5) is 20.3. The first-order chi connectivity index (χ1) is 16.5. The molecule has 0 amide bonds. The minimum atomic E-state index is 0.0532. The highest BCUT2D eigenvalue weighted by Gasteiger charge is 2.28. The molecule has 174 valence electrons. The Morgan fingerprint density at radius 2 is 1.76 bits per heavy atom. The van der Waals surface area contributed by atoms with Crippen molar-refractivity contribution in [1.82, 2.24) is 14.9 Å². The molecule has 2 aromatic heterocycles. The highest BCUT2D eigenvalue weighted by Crippen LogP contribution is 2.35. The van der Waals surface area contributed by atoms with Crippen LogP contribution in [0.3, 0.4) is 0 Å². The summed E-state index contributed by atoms with van der Waals surface area (Å²) in [5.74, 6) is 0. The van der Waals surface area contributed by atoms with Gasteiger partial charge in [-0.15, -0.1) is 0 Å². The van der Waals surface area contributed by atoms with Gasteiger partial charge in [0.1, 0.15) is 5.69 Å². The second kappa shape index (κ2) is 9.43. The van der Waals surface area contributed by atoms with Gasteiger partial charge in [0.2, 0.25) is 0 Å². The average Bonchev–Trinajstić information content (AvgIpc) is 3.33. The Morgan fingerprint density at radius 1 is 1.00 bits per heavy atom. The van der Waals surface area contributed by atoms with E-state index in [-0.39, 0.29) is 5.56 Å². The van der Waals surface area contributed by atoms with Gasteiger partial charge in [0.25, 0.3) is 5.56 Å². The van der Waals surface area contributed by atoms with Crippen molar-refractivity contribution in [1.29, 1.82) is 0 Å². The molecule has 0 saturated carbocycles. The van der Waals surface area contributed by atoms with Gasteiger partial charge in [-0.1, -0.05) is 50.2 Å². The van der Waals surface area contributed by atoms with E-state index in [4.69, 9.17) is 0 Å². The average molecular weight is 453 g/mol. The summed E-state index contributed by atoms with van der Waals surface area (Å²) in [5.41, 5.74) is 4.92. The molecule has 1 atom stereocenters. The zero-order chi connectivity index (χ0) is 23.7. The first-order valence-electron chi connectivity index (χ1n) is 12.2. The molecule has 3 heterocycles. The Kier molecular flexibility index (Phi) is 6.20. The van der Waals surface area contributed by atoms with E-state index in [2.05, 4.69) is 77.6 Å². The third kappa shape index (κ3) is 4.24. The van der Waals surface area contributed by atoms with Crippen LogP contribution >= 0.6 is 0 Å². The molecule has 5 heteroatoms. The molecule has 0 bridgehead atoms. The zero-order valence-corrected chi connectivity index (χ0v) is 20.2. The number of nitrogens with zero attached hydrogens (tertiary/aromatic N) is 3. The normalized spacial score (nSPS) is 16.0. The Morgan fingerprint density at radius 3 is 2.53 bits per heavy atom. The van der Waals surface area contributed by atoms with Crippen LogP contribution < -0.4 is 15.8 Å². The maximum Gasteiger partial charge on any atom is 0.274 e. The molecule has 1 N–H and O–H groups in total. The maximum absolute atomic E-state index is 13.8. The molecule has 1 unspecified atom stereocenters. The first kappa shape index (κ1) is 22.4. The second-order valence-electron chi connectivity index (χ2n) is 9.51. The number of rotatable bonds is 6. The molecule has 0 spiro atoms. The summed E-state index contributed by atoms with van der Waals surface area (Å²) in [6, 6.07) is 21.7. The van der Waals surface area contributed by atoms with Crippen molar-refractivity contribution in [3.63, 3.8) is 0 Å². The van der Waals surface area contributed by atoms with Crippen molar-refractivity contribution in [3.05, 3.63) is 83.4 Å². The third-order valence-electron chi connectivity index (χ3n) is 6.86. The van der Waals surface area contributed by atoms with Crippen LogP contribution in [0.1, 0.15) is 26.7 Å². The van der Waals surface area contributed by atoms with Gasteiger partial charge in [-0.05, 0) is 59.0 Å². The lowest BCUT2D eigenvalue weighted by Gasteiger charge is -2.29. The van der Waals surface area contributed by atoms with Crippen molar-refractivity contribution < 1.29 is 0 Å². The van der Waals surface area contributed by atoms with Gasteiger partial charge in [0, 0.05) is 50.2 Å². The van der Waals surface area contributed by atoms with Gasteiger partial charge in [0.05, 0.1) is 5.69 Å². The molecule has 1 saturated heterocycles. The molecule has 34 heavy (non-hydrogen) atoms. The Labute approximate surface area is 201 Å². The molecule has 0 aliphatic carbocycles. The van der Waals surface area contributed by atoms with Crippen LogP contribution in [0.4, 0.5) is 5.69 Å². The maximum atomic E-state index is 13.8. The van der Waals surface area contributed by atoms with Crippen LogP contribution in [0.25, 0.3) is 33.2 Å². The minimum Gasteiger partial charge on any atom is -0.363 e. The number of hydrogen-bond acceptors (Lipinski definition) is 4. The van der Waals surface area contributed by atoms with Gasteiger partial charge in [-0.3, -0.25) is 9.78 Å². The smallest absolute Gasteiger partial charge is 0.274 e. The zero-order valence-electron chi connectivity index (χ0n) is 20.2. The molecule has 1 aliphatic rings. The lowest BCUT2D eigenvalue weighted by atomic mass is 9.97. The molecular weight excluding hydrogens is 420 g/mol. The van der Waals surface area contributed by atoms with Crippen LogP contribution in [0.5, 0.6) is 0 Å². The van der Waals surface area contributed by atoms with E-state index in [1.807, 2.05) is 36.1 Å². The van der Waals surface area contributed by atoms with E-state index in [1.165, 1.54) is 5.39 Å². The fraction of sp³-hybridized carbons (Fsp3) is 0.310. The van der Waals surface area contributed by atoms with Crippen LogP contribution in [0.2, 0.25) is 0 Å². The lowest BCUT2D eigenvalue weighted by Crippen LogP contribution is -2.42. The van der Waals surface area contributed by atoms with E-state index in [1.54, 1.807) is 0 Å². The van der Waals surface area contributed by atoms with E-state index in [0.29, 0.717) is 12.1 Å². The molecular formula is C29H32N4O. The Balaban J connectivity index is 1.68. The summed E-state index contributed by atoms with van der Waals surface area (Å²) >= 11 is 0. The Hall–Kier alpha value is -3.44. The summed E-state index contributed by atoms with van der Waals surface area (Å²) in [7, 11) is 1.90. The fourth-order valence-corrected chi connectivity index (χ4v) is 5.10. The molecule has 0 radical (unpaired) electrons. The molecule has 1 fully saturated rings. The van der Waals surface area contributed by atoms with E-state index < -0.39 is 0 Å². The molecule has 2 aromatic carbocycles. The number of aromatic nitrogens is 2. The fourth-order valence-electron chi connectivity index (χ4n) is 5.10. The molecule has 5 rings (SSSR count). The van der Waals surface area contributed by atoms with Crippen LogP contribution in [-0.4, -0.2) is 34.7 Å². The lowest BCUT2D eigenvalue weighted by molar-refractivity contribution is 0.523. The van der Waals surface area contributed by atoms with Crippen LogP contribution in [-0.2, 0) is 7.05 Å². The highest BCUT2D eigenvalue weighted by molar-refractivity contribution is 5.91. The third-order valence-corrected chi connectivity index (χ3v) is 6.86. The van der Waals surface area contributed by atoms with Crippen molar-refractivity contribution in [3.8, 4) is 22.4 Å². The van der Waals surface area contributed by atoms with E-state index in [0.717, 1.165) is 59.4 Å². The molecule has 1 aliphatic heterocycles. The predicted molar refractivity (Wildman–Crippen MR) is 141 cm³/mol.